The maximum Gasteiger partial charge on any atom is 0.247 e. The fourth-order valence-corrected chi connectivity index (χ4v) is 7.34. The molecule has 6 fully saturated rings. The summed E-state index contributed by atoms with van der Waals surface area (Å²) in [5.74, 6) is 1.07. The van der Waals surface area contributed by atoms with Crippen molar-refractivity contribution in [3.05, 3.63) is 0 Å². The summed E-state index contributed by atoms with van der Waals surface area (Å²) < 4.78 is 0. The molecule has 6 aliphatic rings. The van der Waals surface area contributed by atoms with Crippen LogP contribution in [0.5, 0.6) is 0 Å². The average molecular weight is 357 g/mol. The van der Waals surface area contributed by atoms with Crippen molar-refractivity contribution >= 4 is 11.8 Å². The van der Waals surface area contributed by atoms with Crippen molar-refractivity contribution in [2.75, 3.05) is 0 Å². The number of fused-ring (bicyclic) bond motifs is 1. The largest absolute Gasteiger partial charge is 0.390 e. The molecule has 0 aromatic carbocycles. The van der Waals surface area contributed by atoms with Crippen LogP contribution in [0.3, 0.4) is 0 Å². The Morgan fingerprint density at radius 3 is 2.46 bits per heavy atom. The minimum Gasteiger partial charge on any atom is -0.390 e. The predicted octanol–water partition coefficient (Wildman–Crippen LogP) is 1.34. The molecular weight excluding hydrogens is 330 g/mol. The third-order valence-corrected chi connectivity index (χ3v) is 7.79. The zero-order valence-corrected chi connectivity index (χ0v) is 15.3. The van der Waals surface area contributed by atoms with Gasteiger partial charge in [0.25, 0.3) is 0 Å². The predicted molar refractivity (Wildman–Crippen MR) is 92.4 cm³/mol. The van der Waals surface area contributed by atoms with Gasteiger partial charge in [-0.2, -0.15) is 5.26 Å². The second-order valence-electron chi connectivity index (χ2n) is 9.87. The standard InChI is InChI=1S/C20H27N3O3/c1-11(24)22-17(18(25)23-15(9-21)3-14-4-16(14)23)19-5-12-2-13(6-19)8-20(26,7-12)10-19/h12-17,26H,2-8,10H2,1H3,(H,22,24)/t12?,13?,14-,15+,16-,17-,19?,20?/m1/s1. The summed E-state index contributed by atoms with van der Waals surface area (Å²) in [5.41, 5.74) is -1.03. The normalized spacial score (nSPS) is 48.7. The highest BCUT2D eigenvalue weighted by atomic mass is 16.3. The molecule has 0 aromatic heterocycles. The Kier molecular flexibility index (Phi) is 3.32. The number of nitrogens with zero attached hydrogens (tertiary/aromatic N) is 2. The SMILES string of the molecule is CC(=O)N[C@H](C(=O)N1[C@H](C#N)C[C@@H]2C[C@H]21)C12CC3CC(CC(O)(C3)C1)C2. The van der Waals surface area contributed by atoms with Crippen LogP contribution in [0.1, 0.15) is 58.3 Å². The van der Waals surface area contributed by atoms with Crippen molar-refractivity contribution in [2.24, 2.45) is 23.2 Å². The van der Waals surface area contributed by atoms with Crippen molar-refractivity contribution in [1.29, 1.82) is 5.26 Å². The molecule has 5 saturated carbocycles. The fraction of sp³-hybridized carbons (Fsp3) is 0.850. The summed E-state index contributed by atoms with van der Waals surface area (Å²) in [6, 6.07) is 1.50. The minimum atomic E-state index is -0.678. The van der Waals surface area contributed by atoms with Gasteiger partial charge in [0.15, 0.2) is 0 Å². The van der Waals surface area contributed by atoms with Crippen LogP contribution < -0.4 is 5.32 Å². The molecular formula is C20H27N3O3. The average Bonchev–Trinajstić information content (AvgIpc) is 3.19. The van der Waals surface area contributed by atoms with Crippen LogP contribution in [0.2, 0.25) is 0 Å². The highest BCUT2D eigenvalue weighted by Crippen LogP contribution is 2.63. The van der Waals surface area contributed by atoms with Gasteiger partial charge in [0.1, 0.15) is 12.1 Å². The van der Waals surface area contributed by atoms with E-state index in [9.17, 15) is 20.0 Å². The molecule has 1 heterocycles. The Labute approximate surface area is 153 Å². The van der Waals surface area contributed by atoms with E-state index >= 15 is 0 Å². The summed E-state index contributed by atoms with van der Waals surface area (Å²) in [6.45, 7) is 1.46. The molecule has 2 N–H and O–H groups in total. The Balaban J connectivity index is 1.49. The lowest BCUT2D eigenvalue weighted by Crippen LogP contribution is -2.66. The van der Waals surface area contributed by atoms with Crippen molar-refractivity contribution < 1.29 is 14.7 Å². The number of carbonyl (C=O) groups is 2. The van der Waals surface area contributed by atoms with E-state index in [1.165, 1.54) is 6.92 Å². The first-order chi connectivity index (χ1) is 12.3. The molecule has 0 radical (unpaired) electrons. The lowest BCUT2D eigenvalue weighted by Gasteiger charge is -2.62. The van der Waals surface area contributed by atoms with Crippen LogP contribution in [-0.2, 0) is 9.59 Å². The number of nitrogens with one attached hydrogen (secondary N) is 1. The zero-order valence-electron chi connectivity index (χ0n) is 15.3. The number of amides is 2. The van der Waals surface area contributed by atoms with Crippen molar-refractivity contribution in [2.45, 2.75) is 82.0 Å². The summed E-state index contributed by atoms with van der Waals surface area (Å²) in [7, 11) is 0. The minimum absolute atomic E-state index is 0.0812. The quantitative estimate of drug-likeness (QED) is 0.797. The molecule has 6 heteroatoms. The third-order valence-electron chi connectivity index (χ3n) is 7.79. The molecule has 5 aliphatic carbocycles. The molecule has 6 atom stereocenters. The van der Waals surface area contributed by atoms with Gasteiger partial charge in [-0.3, -0.25) is 9.59 Å². The molecule has 140 valence electrons. The highest BCUT2D eigenvalue weighted by Gasteiger charge is 2.63. The topological polar surface area (TPSA) is 93.4 Å². The van der Waals surface area contributed by atoms with Gasteiger partial charge in [-0.15, -0.1) is 0 Å². The lowest BCUT2D eigenvalue weighted by atomic mass is 9.46. The van der Waals surface area contributed by atoms with Gasteiger partial charge in [-0.05, 0) is 69.1 Å². The number of hydrogen-bond acceptors (Lipinski definition) is 4. The number of rotatable bonds is 3. The zero-order chi connectivity index (χ0) is 18.3. The Bertz CT molecular complexity index is 700. The van der Waals surface area contributed by atoms with E-state index in [4.69, 9.17) is 0 Å². The summed E-state index contributed by atoms with van der Waals surface area (Å²) in [4.78, 5) is 27.3. The van der Waals surface area contributed by atoms with Crippen molar-refractivity contribution in [1.82, 2.24) is 10.2 Å². The van der Waals surface area contributed by atoms with Crippen molar-refractivity contribution in [3.8, 4) is 6.07 Å². The van der Waals surface area contributed by atoms with Gasteiger partial charge in [0.2, 0.25) is 11.8 Å². The van der Waals surface area contributed by atoms with Crippen LogP contribution in [0, 0.1) is 34.5 Å². The van der Waals surface area contributed by atoms with E-state index in [1.807, 2.05) is 0 Å². The van der Waals surface area contributed by atoms with E-state index in [2.05, 4.69) is 11.4 Å². The Morgan fingerprint density at radius 1 is 1.19 bits per heavy atom. The number of hydrogen-bond donors (Lipinski definition) is 2. The second-order valence-corrected chi connectivity index (χ2v) is 9.87. The number of piperidine rings is 1. The Morgan fingerprint density at radius 2 is 1.88 bits per heavy atom. The summed E-state index contributed by atoms with van der Waals surface area (Å²) >= 11 is 0. The van der Waals surface area contributed by atoms with Gasteiger partial charge < -0.3 is 15.3 Å². The van der Waals surface area contributed by atoms with Crippen LogP contribution >= 0.6 is 0 Å². The second kappa shape index (κ2) is 5.22. The van der Waals surface area contributed by atoms with Crippen LogP contribution in [0.4, 0.5) is 0 Å². The van der Waals surface area contributed by atoms with Gasteiger partial charge in [-0.1, -0.05) is 0 Å². The Hall–Kier alpha value is -1.61. The number of aliphatic hydroxyl groups is 1. The first-order valence-electron chi connectivity index (χ1n) is 10.0. The third kappa shape index (κ3) is 2.32. The molecule has 6 nitrogen and oxygen atoms in total. The lowest BCUT2D eigenvalue weighted by molar-refractivity contribution is -0.181. The molecule has 26 heavy (non-hydrogen) atoms. The van der Waals surface area contributed by atoms with E-state index in [-0.39, 0.29) is 29.3 Å². The van der Waals surface area contributed by atoms with E-state index < -0.39 is 11.6 Å². The monoisotopic (exact) mass is 357 g/mol. The molecule has 1 aliphatic heterocycles. The molecule has 2 amide bonds. The molecule has 0 aromatic rings. The summed E-state index contributed by atoms with van der Waals surface area (Å²) in [5, 5.41) is 23.5. The maximum atomic E-state index is 13.6. The van der Waals surface area contributed by atoms with Gasteiger partial charge in [0.05, 0.1) is 11.7 Å². The first kappa shape index (κ1) is 16.6. The van der Waals surface area contributed by atoms with Gasteiger partial charge in [-0.25, -0.2) is 0 Å². The highest BCUT2D eigenvalue weighted by molar-refractivity contribution is 5.89. The van der Waals surface area contributed by atoms with Crippen molar-refractivity contribution in [3.63, 3.8) is 0 Å². The first-order valence-corrected chi connectivity index (χ1v) is 10.0. The molecule has 6 rings (SSSR count). The molecule has 0 spiro atoms. The molecule has 2 unspecified atom stereocenters. The van der Waals surface area contributed by atoms with E-state index in [1.54, 1.807) is 4.90 Å². The van der Waals surface area contributed by atoms with Gasteiger partial charge in [0, 0.05) is 18.4 Å². The smallest absolute Gasteiger partial charge is 0.247 e. The fourth-order valence-electron chi connectivity index (χ4n) is 7.34. The van der Waals surface area contributed by atoms with Crippen LogP contribution in [-0.4, -0.2) is 45.5 Å². The van der Waals surface area contributed by atoms with Crippen LogP contribution in [0.25, 0.3) is 0 Å². The molecule has 1 saturated heterocycles. The number of carbonyl (C=O) groups excluding carboxylic acids is 2. The number of likely N-dealkylation sites (tertiary alicyclic amines) is 1. The van der Waals surface area contributed by atoms with Crippen LogP contribution in [0.15, 0.2) is 0 Å². The van der Waals surface area contributed by atoms with E-state index in [0.717, 1.165) is 44.9 Å². The number of nitriles is 1. The summed E-state index contributed by atoms with van der Waals surface area (Å²) in [6.07, 6.45) is 6.97. The van der Waals surface area contributed by atoms with E-state index in [0.29, 0.717) is 24.2 Å². The molecule has 4 bridgehead atoms. The maximum absolute atomic E-state index is 13.6. The van der Waals surface area contributed by atoms with Gasteiger partial charge >= 0.3 is 0 Å².